The monoisotopic (exact) mass is 235 g/mol. The van der Waals surface area contributed by atoms with Gasteiger partial charge in [0.05, 0.1) is 0 Å². The van der Waals surface area contributed by atoms with Gasteiger partial charge >= 0.3 is 0 Å². The molecule has 1 aromatic carbocycles. The molecule has 0 aromatic heterocycles. The molecule has 1 aliphatic rings. The van der Waals surface area contributed by atoms with Crippen LogP contribution in [0.25, 0.3) is 0 Å². The van der Waals surface area contributed by atoms with Crippen LogP contribution in [0.5, 0.6) is 0 Å². The van der Waals surface area contributed by atoms with Gasteiger partial charge in [-0.05, 0) is 42.4 Å². The van der Waals surface area contributed by atoms with E-state index in [0.29, 0.717) is 6.04 Å². The highest BCUT2D eigenvalue weighted by atomic mass is 32.2. The van der Waals surface area contributed by atoms with Crippen molar-refractivity contribution < 1.29 is 0 Å². The third-order valence-electron chi connectivity index (χ3n) is 3.21. The molecule has 1 aliphatic heterocycles. The molecule has 2 atom stereocenters. The minimum absolute atomic E-state index is 0.566. The van der Waals surface area contributed by atoms with Gasteiger partial charge in [0.15, 0.2) is 0 Å². The molecule has 1 heterocycles. The highest BCUT2D eigenvalue weighted by Gasteiger charge is 2.25. The van der Waals surface area contributed by atoms with Crippen molar-refractivity contribution in [3.8, 4) is 0 Å². The van der Waals surface area contributed by atoms with Gasteiger partial charge in [-0.25, -0.2) is 0 Å². The van der Waals surface area contributed by atoms with Crippen LogP contribution in [-0.2, 0) is 0 Å². The highest BCUT2D eigenvalue weighted by Crippen LogP contribution is 2.34. The van der Waals surface area contributed by atoms with Crippen LogP contribution in [0.15, 0.2) is 30.3 Å². The average Bonchev–Trinajstić information content (AvgIpc) is 2.85. The molecule has 0 amide bonds. The first kappa shape index (κ1) is 12.0. The van der Waals surface area contributed by atoms with E-state index in [1.165, 1.54) is 29.9 Å². The summed E-state index contributed by atoms with van der Waals surface area (Å²) in [6.45, 7) is 3.36. The van der Waals surface area contributed by atoms with Crippen LogP contribution < -0.4 is 5.32 Å². The van der Waals surface area contributed by atoms with Crippen molar-refractivity contribution in [2.75, 3.05) is 18.1 Å². The van der Waals surface area contributed by atoms with Crippen molar-refractivity contribution in [1.82, 2.24) is 5.32 Å². The fourth-order valence-electron chi connectivity index (χ4n) is 2.33. The van der Waals surface area contributed by atoms with Crippen molar-refractivity contribution in [2.24, 2.45) is 5.92 Å². The molecule has 1 N–H and O–H groups in total. The van der Waals surface area contributed by atoms with E-state index in [0.717, 1.165) is 12.5 Å². The molecule has 1 fully saturated rings. The van der Waals surface area contributed by atoms with Gasteiger partial charge in [-0.1, -0.05) is 37.3 Å². The van der Waals surface area contributed by atoms with Crippen LogP contribution >= 0.6 is 11.8 Å². The molecule has 0 spiro atoms. The smallest absolute Gasteiger partial charge is 0.0356 e. The largest absolute Gasteiger partial charge is 0.310 e. The maximum Gasteiger partial charge on any atom is 0.0356 e. The summed E-state index contributed by atoms with van der Waals surface area (Å²) in [7, 11) is 0. The Hall–Kier alpha value is -0.470. The number of rotatable bonds is 5. The zero-order chi connectivity index (χ0) is 11.2. The second kappa shape index (κ2) is 6.31. The number of hydrogen-bond acceptors (Lipinski definition) is 2. The Labute approximate surface area is 103 Å². The molecular weight excluding hydrogens is 214 g/mol. The third kappa shape index (κ3) is 3.02. The Morgan fingerprint density at radius 1 is 1.38 bits per heavy atom. The molecule has 0 aliphatic carbocycles. The molecular formula is C14H21NS. The van der Waals surface area contributed by atoms with E-state index in [1.807, 2.05) is 0 Å². The molecule has 0 radical (unpaired) electrons. The molecule has 1 nitrogen and oxygen atoms in total. The van der Waals surface area contributed by atoms with Gasteiger partial charge in [0.2, 0.25) is 0 Å². The summed E-state index contributed by atoms with van der Waals surface area (Å²) in [5, 5.41) is 3.71. The quantitative estimate of drug-likeness (QED) is 0.838. The van der Waals surface area contributed by atoms with E-state index in [9.17, 15) is 0 Å². The minimum Gasteiger partial charge on any atom is -0.310 e. The lowest BCUT2D eigenvalue weighted by atomic mass is 9.92. The topological polar surface area (TPSA) is 12.0 Å². The van der Waals surface area contributed by atoms with Gasteiger partial charge < -0.3 is 5.32 Å². The maximum absolute atomic E-state index is 3.71. The first-order valence-corrected chi connectivity index (χ1v) is 7.43. The summed E-state index contributed by atoms with van der Waals surface area (Å²) in [5.74, 6) is 3.47. The fraction of sp³-hybridized carbons (Fsp3) is 0.571. The molecule has 2 rings (SSSR count). The van der Waals surface area contributed by atoms with Gasteiger partial charge in [0, 0.05) is 6.04 Å². The number of hydrogen-bond donors (Lipinski definition) is 1. The number of thioether (sulfide) groups is 1. The predicted octanol–water partition coefficient (Wildman–Crippen LogP) is 3.48. The van der Waals surface area contributed by atoms with Crippen LogP contribution in [0.3, 0.4) is 0 Å². The first-order valence-electron chi connectivity index (χ1n) is 6.28. The van der Waals surface area contributed by atoms with E-state index in [2.05, 4.69) is 54.3 Å². The Bertz CT molecular complexity index is 293. The Balaban J connectivity index is 2.07. The van der Waals surface area contributed by atoms with Crippen molar-refractivity contribution in [1.29, 1.82) is 0 Å². The van der Waals surface area contributed by atoms with Crippen molar-refractivity contribution >= 4 is 11.8 Å². The zero-order valence-electron chi connectivity index (χ0n) is 9.99. The molecule has 88 valence electrons. The van der Waals surface area contributed by atoms with Gasteiger partial charge in [-0.3, -0.25) is 0 Å². The van der Waals surface area contributed by atoms with E-state index in [-0.39, 0.29) is 0 Å². The summed E-state index contributed by atoms with van der Waals surface area (Å²) in [6, 6.07) is 11.5. The van der Waals surface area contributed by atoms with Crippen LogP contribution in [-0.4, -0.2) is 18.1 Å². The fourth-order valence-corrected chi connectivity index (χ4v) is 3.63. The lowest BCUT2D eigenvalue weighted by Gasteiger charge is -2.24. The van der Waals surface area contributed by atoms with Gasteiger partial charge in [-0.15, -0.1) is 0 Å². The number of benzene rings is 1. The zero-order valence-corrected chi connectivity index (χ0v) is 10.8. The Morgan fingerprint density at radius 2 is 2.19 bits per heavy atom. The standard InChI is InChI=1S/C14H21NS/c1-2-9-15-14(13-8-10-16-11-13)12-6-4-3-5-7-12/h3-7,13-15H,2,8-11H2,1H3. The first-order chi connectivity index (χ1) is 7.92. The van der Waals surface area contributed by atoms with E-state index in [4.69, 9.17) is 0 Å². The van der Waals surface area contributed by atoms with Crippen molar-refractivity contribution in [3.63, 3.8) is 0 Å². The SMILES string of the molecule is CCCNC(c1ccccc1)C1CCSC1. The van der Waals surface area contributed by atoms with Gasteiger partial charge in [-0.2, -0.15) is 11.8 Å². The second-order valence-corrected chi connectivity index (χ2v) is 5.62. The third-order valence-corrected chi connectivity index (χ3v) is 4.40. The highest BCUT2D eigenvalue weighted by molar-refractivity contribution is 7.99. The van der Waals surface area contributed by atoms with Crippen LogP contribution in [0.1, 0.15) is 31.4 Å². The molecule has 1 saturated heterocycles. The summed E-state index contributed by atoms with van der Waals surface area (Å²) in [4.78, 5) is 0. The van der Waals surface area contributed by atoms with Crippen molar-refractivity contribution in [2.45, 2.75) is 25.8 Å². The normalized spacial score (nSPS) is 22.2. The van der Waals surface area contributed by atoms with Gasteiger partial charge in [0.25, 0.3) is 0 Å². The van der Waals surface area contributed by atoms with Crippen LogP contribution in [0.4, 0.5) is 0 Å². The Kier molecular flexibility index (Phi) is 4.73. The van der Waals surface area contributed by atoms with Crippen LogP contribution in [0, 0.1) is 5.92 Å². The minimum atomic E-state index is 0.566. The Morgan fingerprint density at radius 3 is 2.81 bits per heavy atom. The predicted molar refractivity (Wildman–Crippen MR) is 72.9 cm³/mol. The van der Waals surface area contributed by atoms with E-state index >= 15 is 0 Å². The average molecular weight is 235 g/mol. The number of nitrogens with one attached hydrogen (secondary N) is 1. The van der Waals surface area contributed by atoms with Crippen LogP contribution in [0.2, 0.25) is 0 Å². The molecule has 0 saturated carbocycles. The summed E-state index contributed by atoms with van der Waals surface area (Å²) in [5.41, 5.74) is 1.46. The summed E-state index contributed by atoms with van der Waals surface area (Å²) < 4.78 is 0. The molecule has 1 aromatic rings. The summed E-state index contributed by atoms with van der Waals surface area (Å²) in [6.07, 6.45) is 2.57. The summed E-state index contributed by atoms with van der Waals surface area (Å²) >= 11 is 2.10. The molecule has 2 heteroatoms. The molecule has 2 unspecified atom stereocenters. The lowest BCUT2D eigenvalue weighted by Crippen LogP contribution is -2.29. The molecule has 0 bridgehead atoms. The molecule has 16 heavy (non-hydrogen) atoms. The second-order valence-electron chi connectivity index (χ2n) is 4.47. The van der Waals surface area contributed by atoms with Crippen molar-refractivity contribution in [3.05, 3.63) is 35.9 Å². The van der Waals surface area contributed by atoms with E-state index in [1.54, 1.807) is 0 Å². The lowest BCUT2D eigenvalue weighted by molar-refractivity contribution is 0.394. The van der Waals surface area contributed by atoms with E-state index < -0.39 is 0 Å². The maximum atomic E-state index is 3.71. The van der Waals surface area contributed by atoms with Gasteiger partial charge in [0.1, 0.15) is 0 Å².